The van der Waals surface area contributed by atoms with E-state index in [1.807, 2.05) is 17.5 Å². The van der Waals surface area contributed by atoms with Crippen molar-refractivity contribution in [3.63, 3.8) is 0 Å². The third-order valence-corrected chi connectivity index (χ3v) is 3.80. The number of nitrogens with zero attached hydrogens (tertiary/aromatic N) is 1. The topological polar surface area (TPSA) is 29.5 Å². The molecular weight excluding hydrogens is 301 g/mol. The molecule has 1 aromatic carbocycles. The average molecular weight is 314 g/mol. The predicted octanol–water partition coefficient (Wildman–Crippen LogP) is 3.58. The van der Waals surface area contributed by atoms with Gasteiger partial charge in [-0.25, -0.2) is 4.39 Å². The summed E-state index contributed by atoms with van der Waals surface area (Å²) in [4.78, 5) is 14.6. The van der Waals surface area contributed by atoms with Crippen molar-refractivity contribution in [3.05, 3.63) is 51.4 Å². The van der Waals surface area contributed by atoms with E-state index in [1.54, 1.807) is 23.3 Å². The standard InChI is InChI=1S/C14H13ClFNO2S/c1-17(8-11-3-2-6-20-11)14(18)9-19-10-4-5-13(16)12(15)7-10/h2-7H,8-9H2,1H3. The van der Waals surface area contributed by atoms with E-state index in [0.717, 1.165) is 4.88 Å². The average Bonchev–Trinajstić information content (AvgIpc) is 2.92. The SMILES string of the molecule is CN(Cc1cccs1)C(=O)COc1ccc(F)c(Cl)c1. The highest BCUT2D eigenvalue weighted by Crippen LogP contribution is 2.21. The number of carbonyl (C=O) groups is 1. The molecule has 2 aromatic rings. The first kappa shape index (κ1) is 14.8. The summed E-state index contributed by atoms with van der Waals surface area (Å²) in [6, 6.07) is 7.90. The fourth-order valence-corrected chi connectivity index (χ4v) is 2.47. The molecule has 0 aliphatic rings. The smallest absolute Gasteiger partial charge is 0.260 e. The minimum Gasteiger partial charge on any atom is -0.484 e. The first-order valence-corrected chi connectivity index (χ1v) is 7.16. The van der Waals surface area contributed by atoms with Crippen molar-refractivity contribution in [1.82, 2.24) is 4.90 Å². The van der Waals surface area contributed by atoms with Gasteiger partial charge in [0.15, 0.2) is 6.61 Å². The lowest BCUT2D eigenvalue weighted by molar-refractivity contribution is -0.132. The maximum absolute atomic E-state index is 13.0. The van der Waals surface area contributed by atoms with Crippen LogP contribution >= 0.6 is 22.9 Å². The number of amides is 1. The molecule has 106 valence electrons. The number of likely N-dealkylation sites (N-methyl/N-ethyl adjacent to an activating group) is 1. The summed E-state index contributed by atoms with van der Waals surface area (Å²) in [5, 5.41) is 1.94. The first-order valence-electron chi connectivity index (χ1n) is 5.90. The molecule has 3 nitrogen and oxygen atoms in total. The molecule has 0 N–H and O–H groups in total. The van der Waals surface area contributed by atoms with Crippen molar-refractivity contribution >= 4 is 28.8 Å². The summed E-state index contributed by atoms with van der Waals surface area (Å²) < 4.78 is 18.3. The third kappa shape index (κ3) is 3.95. The number of halogens is 2. The highest BCUT2D eigenvalue weighted by molar-refractivity contribution is 7.09. The highest BCUT2D eigenvalue weighted by atomic mass is 35.5. The molecule has 0 radical (unpaired) electrons. The van der Waals surface area contributed by atoms with Crippen LogP contribution in [0.25, 0.3) is 0 Å². The Morgan fingerprint density at radius 1 is 1.45 bits per heavy atom. The van der Waals surface area contributed by atoms with Crippen molar-refractivity contribution in [2.45, 2.75) is 6.54 Å². The number of thiophene rings is 1. The number of carbonyl (C=O) groups excluding carboxylic acids is 1. The summed E-state index contributed by atoms with van der Waals surface area (Å²) in [7, 11) is 1.71. The summed E-state index contributed by atoms with van der Waals surface area (Å²) in [6.07, 6.45) is 0. The number of hydrogen-bond acceptors (Lipinski definition) is 3. The van der Waals surface area contributed by atoms with Crippen LogP contribution in [0.4, 0.5) is 4.39 Å². The minimum absolute atomic E-state index is 0.0260. The van der Waals surface area contributed by atoms with Crippen LogP contribution in [0.5, 0.6) is 5.75 Å². The second-order valence-electron chi connectivity index (χ2n) is 4.19. The molecule has 20 heavy (non-hydrogen) atoms. The van der Waals surface area contributed by atoms with Gasteiger partial charge in [0.2, 0.25) is 0 Å². The zero-order valence-corrected chi connectivity index (χ0v) is 12.4. The molecule has 0 unspecified atom stereocenters. The molecule has 0 aliphatic heterocycles. The van der Waals surface area contributed by atoms with Gasteiger partial charge in [-0.05, 0) is 23.6 Å². The van der Waals surface area contributed by atoms with Gasteiger partial charge in [0.25, 0.3) is 5.91 Å². The summed E-state index contributed by atoms with van der Waals surface area (Å²) in [5.41, 5.74) is 0. The fourth-order valence-electron chi connectivity index (χ4n) is 1.55. The Hall–Kier alpha value is -1.59. The summed E-state index contributed by atoms with van der Waals surface area (Å²) in [6.45, 7) is 0.438. The van der Waals surface area contributed by atoms with Crippen molar-refractivity contribution in [1.29, 1.82) is 0 Å². The molecule has 0 saturated carbocycles. The van der Waals surface area contributed by atoms with Crippen LogP contribution in [0.1, 0.15) is 4.88 Å². The highest BCUT2D eigenvalue weighted by Gasteiger charge is 2.11. The van der Waals surface area contributed by atoms with Crippen LogP contribution in [-0.2, 0) is 11.3 Å². The minimum atomic E-state index is -0.514. The van der Waals surface area contributed by atoms with E-state index in [2.05, 4.69) is 0 Å². The molecule has 0 spiro atoms. The van der Waals surface area contributed by atoms with Gasteiger partial charge in [0.1, 0.15) is 11.6 Å². The van der Waals surface area contributed by atoms with Crippen LogP contribution in [-0.4, -0.2) is 24.5 Å². The largest absolute Gasteiger partial charge is 0.484 e. The van der Waals surface area contributed by atoms with Crippen molar-refractivity contribution in [2.24, 2.45) is 0 Å². The van der Waals surface area contributed by atoms with E-state index in [-0.39, 0.29) is 17.5 Å². The molecular formula is C14H13ClFNO2S. The number of benzene rings is 1. The molecule has 0 aliphatic carbocycles. The van der Waals surface area contributed by atoms with Crippen LogP contribution in [0, 0.1) is 5.82 Å². The predicted molar refractivity (Wildman–Crippen MR) is 77.7 cm³/mol. The summed E-state index contributed by atoms with van der Waals surface area (Å²) in [5.74, 6) is -0.298. The van der Waals surface area contributed by atoms with Gasteiger partial charge in [-0.1, -0.05) is 17.7 Å². The van der Waals surface area contributed by atoms with Gasteiger partial charge in [0, 0.05) is 18.0 Å². The maximum atomic E-state index is 13.0. The van der Waals surface area contributed by atoms with Gasteiger partial charge >= 0.3 is 0 Å². The van der Waals surface area contributed by atoms with E-state index >= 15 is 0 Å². The zero-order chi connectivity index (χ0) is 14.5. The number of hydrogen-bond donors (Lipinski definition) is 0. The Bertz CT molecular complexity index is 589. The van der Waals surface area contributed by atoms with Crippen molar-refractivity contribution < 1.29 is 13.9 Å². The molecule has 1 amide bonds. The molecule has 0 fully saturated rings. The van der Waals surface area contributed by atoms with E-state index in [4.69, 9.17) is 16.3 Å². The molecule has 0 saturated heterocycles. The fraction of sp³-hybridized carbons (Fsp3) is 0.214. The monoisotopic (exact) mass is 313 g/mol. The van der Waals surface area contributed by atoms with Crippen LogP contribution < -0.4 is 4.74 Å². The molecule has 6 heteroatoms. The number of ether oxygens (including phenoxy) is 1. The van der Waals surface area contributed by atoms with Crippen LogP contribution in [0.2, 0.25) is 5.02 Å². The Morgan fingerprint density at radius 3 is 2.90 bits per heavy atom. The normalized spacial score (nSPS) is 10.3. The number of rotatable bonds is 5. The Labute approximate surface area is 125 Å². The van der Waals surface area contributed by atoms with E-state index in [9.17, 15) is 9.18 Å². The van der Waals surface area contributed by atoms with Crippen LogP contribution in [0.15, 0.2) is 35.7 Å². The third-order valence-electron chi connectivity index (χ3n) is 2.65. The van der Waals surface area contributed by atoms with Gasteiger partial charge < -0.3 is 9.64 Å². The molecule has 2 rings (SSSR count). The zero-order valence-electron chi connectivity index (χ0n) is 10.8. The van der Waals surface area contributed by atoms with Gasteiger partial charge in [-0.3, -0.25) is 4.79 Å². The van der Waals surface area contributed by atoms with Crippen LogP contribution in [0.3, 0.4) is 0 Å². The lowest BCUT2D eigenvalue weighted by Gasteiger charge is -2.16. The quantitative estimate of drug-likeness (QED) is 0.844. The van der Waals surface area contributed by atoms with Gasteiger partial charge in [-0.2, -0.15) is 0 Å². The van der Waals surface area contributed by atoms with Crippen molar-refractivity contribution in [3.8, 4) is 5.75 Å². The van der Waals surface area contributed by atoms with E-state index in [0.29, 0.717) is 12.3 Å². The second-order valence-corrected chi connectivity index (χ2v) is 5.63. The molecule has 0 atom stereocenters. The van der Waals surface area contributed by atoms with Gasteiger partial charge in [0.05, 0.1) is 11.6 Å². The lowest BCUT2D eigenvalue weighted by Crippen LogP contribution is -2.30. The summed E-state index contributed by atoms with van der Waals surface area (Å²) >= 11 is 7.23. The lowest BCUT2D eigenvalue weighted by atomic mass is 10.3. The van der Waals surface area contributed by atoms with Crippen molar-refractivity contribution in [2.75, 3.05) is 13.7 Å². The second kappa shape index (κ2) is 6.72. The van der Waals surface area contributed by atoms with Gasteiger partial charge in [-0.15, -0.1) is 11.3 Å². The maximum Gasteiger partial charge on any atom is 0.260 e. The first-order chi connectivity index (χ1) is 9.56. The van der Waals surface area contributed by atoms with E-state index < -0.39 is 5.82 Å². The molecule has 0 bridgehead atoms. The Kier molecular flexibility index (Phi) is 4.98. The Morgan fingerprint density at radius 2 is 2.25 bits per heavy atom. The molecule has 1 heterocycles. The molecule has 1 aromatic heterocycles. The Balaban J connectivity index is 1.86. The van der Waals surface area contributed by atoms with E-state index in [1.165, 1.54) is 18.2 Å².